The summed E-state index contributed by atoms with van der Waals surface area (Å²) in [4.78, 5) is 11.2. The summed E-state index contributed by atoms with van der Waals surface area (Å²) in [5, 5.41) is 0. The zero-order chi connectivity index (χ0) is 9.97. The number of para-hydroxylation sites is 1. The number of benzene rings is 1. The van der Waals surface area contributed by atoms with Crippen molar-refractivity contribution >= 4 is 0 Å². The summed E-state index contributed by atoms with van der Waals surface area (Å²) in [6, 6.07) is 11.5. The van der Waals surface area contributed by atoms with E-state index >= 15 is 0 Å². The standard InChI is InChI=1S/C12H11NO/c1-10-9-13(8-7-12(10)14)11-5-3-2-4-6-11/h2-9H,1H3. The van der Waals surface area contributed by atoms with Gasteiger partial charge in [-0.1, -0.05) is 18.2 Å². The van der Waals surface area contributed by atoms with E-state index in [-0.39, 0.29) is 5.43 Å². The van der Waals surface area contributed by atoms with E-state index in [4.69, 9.17) is 0 Å². The number of pyridine rings is 1. The van der Waals surface area contributed by atoms with Crippen LogP contribution in [0, 0.1) is 6.92 Å². The van der Waals surface area contributed by atoms with Crippen LogP contribution < -0.4 is 5.43 Å². The van der Waals surface area contributed by atoms with Crippen LogP contribution >= 0.6 is 0 Å². The van der Waals surface area contributed by atoms with Crippen LogP contribution in [0.15, 0.2) is 53.6 Å². The summed E-state index contributed by atoms with van der Waals surface area (Å²) in [7, 11) is 0. The Kier molecular flexibility index (Phi) is 2.19. The fourth-order valence-electron chi connectivity index (χ4n) is 1.36. The van der Waals surface area contributed by atoms with Gasteiger partial charge in [0.05, 0.1) is 0 Å². The van der Waals surface area contributed by atoms with Crippen molar-refractivity contribution in [1.29, 1.82) is 0 Å². The molecule has 1 aromatic carbocycles. The van der Waals surface area contributed by atoms with Crippen molar-refractivity contribution in [3.63, 3.8) is 0 Å². The molecule has 0 bridgehead atoms. The maximum atomic E-state index is 11.2. The van der Waals surface area contributed by atoms with Gasteiger partial charge in [0.1, 0.15) is 0 Å². The largest absolute Gasteiger partial charge is 0.323 e. The molecule has 14 heavy (non-hydrogen) atoms. The van der Waals surface area contributed by atoms with Crippen LogP contribution in [-0.4, -0.2) is 4.57 Å². The fraction of sp³-hybridized carbons (Fsp3) is 0.0833. The fourth-order valence-corrected chi connectivity index (χ4v) is 1.36. The first-order valence-electron chi connectivity index (χ1n) is 4.52. The average Bonchev–Trinajstić information content (AvgIpc) is 2.23. The van der Waals surface area contributed by atoms with Crippen LogP contribution in [0.2, 0.25) is 0 Å². The summed E-state index contributed by atoms with van der Waals surface area (Å²) in [5.41, 5.74) is 1.91. The molecule has 2 rings (SSSR count). The molecule has 0 aliphatic heterocycles. The third kappa shape index (κ3) is 1.59. The highest BCUT2D eigenvalue weighted by Crippen LogP contribution is 2.05. The topological polar surface area (TPSA) is 22.0 Å². The van der Waals surface area contributed by atoms with Gasteiger partial charge >= 0.3 is 0 Å². The quantitative estimate of drug-likeness (QED) is 0.667. The molecule has 0 unspecified atom stereocenters. The maximum absolute atomic E-state index is 11.2. The Morgan fingerprint density at radius 2 is 1.79 bits per heavy atom. The minimum atomic E-state index is 0.0807. The van der Waals surface area contributed by atoms with Crippen molar-refractivity contribution in [2.75, 3.05) is 0 Å². The number of nitrogens with zero attached hydrogens (tertiary/aromatic N) is 1. The van der Waals surface area contributed by atoms with Crippen molar-refractivity contribution in [1.82, 2.24) is 4.57 Å². The van der Waals surface area contributed by atoms with E-state index in [1.54, 1.807) is 12.3 Å². The summed E-state index contributed by atoms with van der Waals surface area (Å²) >= 11 is 0. The van der Waals surface area contributed by atoms with E-state index in [0.29, 0.717) is 0 Å². The number of aryl methyl sites for hydroxylation is 1. The second kappa shape index (κ2) is 3.50. The molecule has 0 amide bonds. The Balaban J connectivity index is 2.54. The molecule has 0 radical (unpaired) electrons. The Bertz CT molecular complexity index is 485. The molecule has 0 saturated heterocycles. The summed E-state index contributed by atoms with van der Waals surface area (Å²) in [6.45, 7) is 1.82. The molecule has 0 aliphatic rings. The van der Waals surface area contributed by atoms with Gasteiger partial charge in [0.25, 0.3) is 0 Å². The van der Waals surface area contributed by atoms with Crippen molar-refractivity contribution in [2.24, 2.45) is 0 Å². The van der Waals surface area contributed by atoms with Gasteiger partial charge in [0.2, 0.25) is 0 Å². The predicted molar refractivity (Wildman–Crippen MR) is 56.8 cm³/mol. The summed E-state index contributed by atoms with van der Waals surface area (Å²) in [5.74, 6) is 0. The summed E-state index contributed by atoms with van der Waals surface area (Å²) in [6.07, 6.45) is 3.63. The molecule has 0 N–H and O–H groups in total. The zero-order valence-corrected chi connectivity index (χ0v) is 7.97. The van der Waals surface area contributed by atoms with E-state index in [2.05, 4.69) is 0 Å². The summed E-state index contributed by atoms with van der Waals surface area (Å²) < 4.78 is 1.94. The lowest BCUT2D eigenvalue weighted by Crippen LogP contribution is -2.07. The average molecular weight is 185 g/mol. The molecule has 2 heteroatoms. The molecule has 0 spiro atoms. The monoisotopic (exact) mass is 185 g/mol. The van der Waals surface area contributed by atoms with Crippen molar-refractivity contribution in [2.45, 2.75) is 6.92 Å². The van der Waals surface area contributed by atoms with Crippen molar-refractivity contribution < 1.29 is 0 Å². The number of hydrogen-bond donors (Lipinski definition) is 0. The molecule has 2 aromatic rings. The van der Waals surface area contributed by atoms with E-state index in [0.717, 1.165) is 11.3 Å². The lowest BCUT2D eigenvalue weighted by atomic mass is 10.2. The van der Waals surface area contributed by atoms with Crippen LogP contribution in [0.5, 0.6) is 0 Å². The Labute approximate surface area is 82.4 Å². The highest BCUT2D eigenvalue weighted by atomic mass is 16.1. The maximum Gasteiger partial charge on any atom is 0.184 e. The minimum Gasteiger partial charge on any atom is -0.323 e. The first kappa shape index (κ1) is 8.75. The Morgan fingerprint density at radius 3 is 2.43 bits per heavy atom. The second-order valence-corrected chi connectivity index (χ2v) is 3.23. The van der Waals surface area contributed by atoms with Gasteiger partial charge in [-0.25, -0.2) is 0 Å². The lowest BCUT2D eigenvalue weighted by molar-refractivity contribution is 1.02. The number of rotatable bonds is 1. The molecule has 0 aliphatic carbocycles. The van der Waals surface area contributed by atoms with Crippen LogP contribution in [0.25, 0.3) is 5.69 Å². The SMILES string of the molecule is Cc1cn(-c2ccccc2)ccc1=O. The van der Waals surface area contributed by atoms with Crippen LogP contribution in [0.4, 0.5) is 0 Å². The van der Waals surface area contributed by atoms with Gasteiger partial charge < -0.3 is 4.57 Å². The van der Waals surface area contributed by atoms with E-state index in [1.165, 1.54) is 0 Å². The third-order valence-corrected chi connectivity index (χ3v) is 2.16. The predicted octanol–water partition coefficient (Wildman–Crippen LogP) is 2.15. The highest BCUT2D eigenvalue weighted by molar-refractivity contribution is 5.32. The normalized spacial score (nSPS) is 10.1. The van der Waals surface area contributed by atoms with E-state index < -0.39 is 0 Å². The van der Waals surface area contributed by atoms with Gasteiger partial charge in [-0.3, -0.25) is 4.79 Å². The Hall–Kier alpha value is -1.83. The molecule has 1 aromatic heterocycles. The molecular formula is C12H11NO. The molecule has 2 nitrogen and oxygen atoms in total. The van der Waals surface area contributed by atoms with Crippen molar-refractivity contribution in [3.05, 3.63) is 64.6 Å². The third-order valence-electron chi connectivity index (χ3n) is 2.16. The van der Waals surface area contributed by atoms with Gasteiger partial charge in [0.15, 0.2) is 5.43 Å². The first-order valence-corrected chi connectivity index (χ1v) is 4.52. The molecular weight excluding hydrogens is 174 g/mol. The second-order valence-electron chi connectivity index (χ2n) is 3.23. The Morgan fingerprint density at radius 1 is 1.07 bits per heavy atom. The first-order chi connectivity index (χ1) is 6.77. The smallest absolute Gasteiger partial charge is 0.184 e. The van der Waals surface area contributed by atoms with Gasteiger partial charge in [0, 0.05) is 29.7 Å². The van der Waals surface area contributed by atoms with Crippen LogP contribution in [0.3, 0.4) is 0 Å². The van der Waals surface area contributed by atoms with Gasteiger partial charge in [-0.15, -0.1) is 0 Å². The molecule has 0 saturated carbocycles. The minimum absolute atomic E-state index is 0.0807. The van der Waals surface area contributed by atoms with Gasteiger partial charge in [-0.2, -0.15) is 0 Å². The molecule has 0 atom stereocenters. The van der Waals surface area contributed by atoms with Gasteiger partial charge in [-0.05, 0) is 19.1 Å². The number of aromatic nitrogens is 1. The van der Waals surface area contributed by atoms with Crippen LogP contribution in [0.1, 0.15) is 5.56 Å². The molecule has 0 fully saturated rings. The van der Waals surface area contributed by atoms with Crippen molar-refractivity contribution in [3.8, 4) is 5.69 Å². The van der Waals surface area contributed by atoms with E-state index in [9.17, 15) is 4.79 Å². The number of hydrogen-bond acceptors (Lipinski definition) is 1. The molecule has 70 valence electrons. The lowest BCUT2D eigenvalue weighted by Gasteiger charge is -2.05. The van der Waals surface area contributed by atoms with Crippen LogP contribution in [-0.2, 0) is 0 Å². The van der Waals surface area contributed by atoms with E-state index in [1.807, 2.05) is 48.0 Å². The zero-order valence-electron chi connectivity index (χ0n) is 7.97. The highest BCUT2D eigenvalue weighted by Gasteiger charge is 1.95. The molecule has 1 heterocycles.